The molecule has 1 heterocycles. The van der Waals surface area contributed by atoms with Crippen LogP contribution in [0.3, 0.4) is 0 Å². The van der Waals surface area contributed by atoms with Crippen molar-refractivity contribution in [2.45, 2.75) is 26.7 Å². The van der Waals surface area contributed by atoms with Gasteiger partial charge in [0.1, 0.15) is 0 Å². The Morgan fingerprint density at radius 3 is 2.71 bits per heavy atom. The number of aliphatic carboxylic acids is 1. The summed E-state index contributed by atoms with van der Waals surface area (Å²) in [6.07, 6.45) is 2.75. The predicted molar refractivity (Wildman–Crippen MR) is 50.7 cm³/mol. The molecule has 0 bridgehead atoms. The van der Waals surface area contributed by atoms with Crippen molar-refractivity contribution in [2.75, 3.05) is 0 Å². The number of hydrogen-bond donors (Lipinski definition) is 1. The minimum absolute atomic E-state index is 0.423. The molecule has 0 fully saturated rings. The zero-order chi connectivity index (χ0) is 10.8. The van der Waals surface area contributed by atoms with Crippen LogP contribution in [0.1, 0.15) is 26.0 Å². The van der Waals surface area contributed by atoms with Crippen molar-refractivity contribution in [3.05, 3.63) is 11.9 Å². The van der Waals surface area contributed by atoms with Crippen LogP contribution in [0.25, 0.3) is 0 Å². The van der Waals surface area contributed by atoms with Crippen LogP contribution < -0.4 is 0 Å². The van der Waals surface area contributed by atoms with E-state index in [1.54, 1.807) is 24.9 Å². The van der Waals surface area contributed by atoms with Crippen LogP contribution in [0.4, 0.5) is 0 Å². The first-order valence-corrected chi connectivity index (χ1v) is 4.56. The highest BCUT2D eigenvalue weighted by molar-refractivity contribution is 5.74. The highest BCUT2D eigenvalue weighted by Crippen LogP contribution is 2.25. The van der Waals surface area contributed by atoms with Gasteiger partial charge in [0.25, 0.3) is 0 Å². The van der Waals surface area contributed by atoms with Gasteiger partial charge in [-0.15, -0.1) is 5.10 Å². The minimum Gasteiger partial charge on any atom is -0.481 e. The summed E-state index contributed by atoms with van der Waals surface area (Å²) >= 11 is 0. The fourth-order valence-electron chi connectivity index (χ4n) is 1.23. The first kappa shape index (κ1) is 10.7. The molecule has 5 nitrogen and oxygen atoms in total. The van der Waals surface area contributed by atoms with Crippen LogP contribution in [-0.4, -0.2) is 26.1 Å². The van der Waals surface area contributed by atoms with Gasteiger partial charge in [-0.3, -0.25) is 9.48 Å². The van der Waals surface area contributed by atoms with Gasteiger partial charge in [-0.1, -0.05) is 12.1 Å². The number of rotatable bonds is 4. The summed E-state index contributed by atoms with van der Waals surface area (Å²) in [7, 11) is 1.76. The summed E-state index contributed by atoms with van der Waals surface area (Å²) in [5.74, 6) is -0.786. The molecular formula is C9H15N3O2. The largest absolute Gasteiger partial charge is 0.481 e. The van der Waals surface area contributed by atoms with E-state index in [-0.39, 0.29) is 0 Å². The lowest BCUT2D eigenvalue weighted by atomic mass is 9.83. The Hall–Kier alpha value is -1.39. The molecule has 0 saturated carbocycles. The lowest BCUT2D eigenvalue weighted by molar-refractivity contribution is -0.148. The standard InChI is InChI=1S/C9H15N3O2/c1-4-9(2,8(13)14)5-7-6-12(3)11-10-7/h6H,4-5H2,1-3H3,(H,13,14). The number of aromatic nitrogens is 3. The maximum atomic E-state index is 11.0. The second-order valence-electron chi connectivity index (χ2n) is 3.78. The van der Waals surface area contributed by atoms with Crippen LogP contribution >= 0.6 is 0 Å². The van der Waals surface area contributed by atoms with Crippen molar-refractivity contribution in [1.82, 2.24) is 15.0 Å². The average molecular weight is 197 g/mol. The number of carboxylic acids is 1. The molecule has 1 aromatic rings. The van der Waals surface area contributed by atoms with E-state index in [0.29, 0.717) is 12.8 Å². The smallest absolute Gasteiger partial charge is 0.309 e. The molecule has 1 rings (SSSR count). The molecule has 5 heteroatoms. The molecule has 0 aromatic carbocycles. The monoisotopic (exact) mass is 197 g/mol. The Morgan fingerprint density at radius 2 is 2.36 bits per heavy atom. The van der Waals surface area contributed by atoms with Gasteiger partial charge in [0.05, 0.1) is 11.1 Å². The second-order valence-corrected chi connectivity index (χ2v) is 3.78. The van der Waals surface area contributed by atoms with E-state index in [2.05, 4.69) is 10.3 Å². The van der Waals surface area contributed by atoms with E-state index in [1.807, 2.05) is 6.92 Å². The minimum atomic E-state index is -0.786. The van der Waals surface area contributed by atoms with E-state index in [0.717, 1.165) is 5.69 Å². The van der Waals surface area contributed by atoms with Crippen LogP contribution in [0.2, 0.25) is 0 Å². The van der Waals surface area contributed by atoms with Crippen LogP contribution in [-0.2, 0) is 18.3 Å². The highest BCUT2D eigenvalue weighted by Gasteiger charge is 2.32. The van der Waals surface area contributed by atoms with Crippen molar-refractivity contribution in [1.29, 1.82) is 0 Å². The maximum Gasteiger partial charge on any atom is 0.309 e. The molecule has 0 saturated heterocycles. The van der Waals surface area contributed by atoms with Crippen molar-refractivity contribution in [3.63, 3.8) is 0 Å². The SMILES string of the molecule is CCC(C)(Cc1cn(C)nn1)C(=O)O. The normalized spacial score (nSPS) is 15.1. The zero-order valence-corrected chi connectivity index (χ0v) is 8.69. The van der Waals surface area contributed by atoms with E-state index in [9.17, 15) is 4.79 Å². The maximum absolute atomic E-state index is 11.0. The summed E-state index contributed by atoms with van der Waals surface area (Å²) in [5.41, 5.74) is -0.0185. The van der Waals surface area contributed by atoms with Crippen molar-refractivity contribution in [3.8, 4) is 0 Å². The zero-order valence-electron chi connectivity index (χ0n) is 8.69. The molecule has 0 amide bonds. The van der Waals surface area contributed by atoms with Gasteiger partial charge in [0.2, 0.25) is 0 Å². The van der Waals surface area contributed by atoms with E-state index >= 15 is 0 Å². The summed E-state index contributed by atoms with van der Waals surface area (Å²) in [6.45, 7) is 3.59. The second kappa shape index (κ2) is 3.77. The summed E-state index contributed by atoms with van der Waals surface area (Å²) in [4.78, 5) is 11.0. The predicted octanol–water partition coefficient (Wildman–Crippen LogP) is 0.858. The third kappa shape index (κ3) is 2.10. The van der Waals surface area contributed by atoms with E-state index in [4.69, 9.17) is 5.11 Å². The Morgan fingerprint density at radius 1 is 1.71 bits per heavy atom. The first-order chi connectivity index (χ1) is 6.48. The third-order valence-corrected chi connectivity index (χ3v) is 2.52. The molecule has 14 heavy (non-hydrogen) atoms. The molecule has 1 unspecified atom stereocenters. The summed E-state index contributed by atoms with van der Waals surface area (Å²) < 4.78 is 1.58. The number of carboxylic acid groups (broad SMARTS) is 1. The van der Waals surface area contributed by atoms with Crippen LogP contribution in [0, 0.1) is 5.41 Å². The Kier molecular flexibility index (Phi) is 2.88. The van der Waals surface area contributed by atoms with E-state index < -0.39 is 11.4 Å². The van der Waals surface area contributed by atoms with Crippen molar-refractivity contribution in [2.24, 2.45) is 12.5 Å². The molecule has 0 aliphatic heterocycles. The average Bonchev–Trinajstić information content (AvgIpc) is 2.50. The third-order valence-electron chi connectivity index (χ3n) is 2.52. The van der Waals surface area contributed by atoms with Gasteiger partial charge in [0, 0.05) is 19.7 Å². The quantitative estimate of drug-likeness (QED) is 0.777. The summed E-state index contributed by atoms with van der Waals surface area (Å²) in [6, 6.07) is 0. The fraction of sp³-hybridized carbons (Fsp3) is 0.667. The fourth-order valence-corrected chi connectivity index (χ4v) is 1.23. The Balaban J connectivity index is 2.80. The molecule has 1 N–H and O–H groups in total. The Bertz CT molecular complexity index is 335. The van der Waals surface area contributed by atoms with E-state index in [1.165, 1.54) is 0 Å². The molecule has 78 valence electrons. The molecule has 0 spiro atoms. The van der Waals surface area contributed by atoms with Gasteiger partial charge < -0.3 is 5.11 Å². The van der Waals surface area contributed by atoms with Crippen LogP contribution in [0.5, 0.6) is 0 Å². The first-order valence-electron chi connectivity index (χ1n) is 4.56. The van der Waals surface area contributed by atoms with Crippen LogP contribution in [0.15, 0.2) is 6.20 Å². The molecule has 1 atom stereocenters. The van der Waals surface area contributed by atoms with Crippen molar-refractivity contribution >= 4 is 5.97 Å². The molecule has 0 radical (unpaired) electrons. The molecular weight excluding hydrogens is 182 g/mol. The van der Waals surface area contributed by atoms with Crippen molar-refractivity contribution < 1.29 is 9.90 Å². The Labute approximate surface area is 82.7 Å². The highest BCUT2D eigenvalue weighted by atomic mass is 16.4. The number of hydrogen-bond acceptors (Lipinski definition) is 3. The molecule has 1 aromatic heterocycles. The van der Waals surface area contributed by atoms with Gasteiger partial charge in [0.15, 0.2) is 0 Å². The lowest BCUT2D eigenvalue weighted by Gasteiger charge is -2.21. The van der Waals surface area contributed by atoms with Gasteiger partial charge in [-0.25, -0.2) is 0 Å². The van der Waals surface area contributed by atoms with Gasteiger partial charge in [-0.2, -0.15) is 0 Å². The number of nitrogens with zero attached hydrogens (tertiary/aromatic N) is 3. The summed E-state index contributed by atoms with van der Waals surface area (Å²) in [5, 5.41) is 16.7. The van der Waals surface area contributed by atoms with Gasteiger partial charge in [-0.05, 0) is 13.3 Å². The molecule has 0 aliphatic carbocycles. The number of aryl methyl sites for hydroxylation is 1. The van der Waals surface area contributed by atoms with Gasteiger partial charge >= 0.3 is 5.97 Å². The lowest BCUT2D eigenvalue weighted by Crippen LogP contribution is -2.29. The number of carbonyl (C=O) groups is 1. The topological polar surface area (TPSA) is 68.0 Å². The molecule has 0 aliphatic rings.